The van der Waals surface area contributed by atoms with Crippen LogP contribution < -0.4 is 0 Å². The molecule has 0 amide bonds. The number of aromatic amines is 2. The van der Waals surface area contributed by atoms with Gasteiger partial charge >= 0.3 is 70.8 Å². The topological polar surface area (TPSA) is 183 Å². The van der Waals surface area contributed by atoms with Gasteiger partial charge in [-0.15, -0.1) is 24.0 Å². The fourth-order valence-corrected chi connectivity index (χ4v) is 20.3. The molecule has 3 heterocycles. The zero-order chi connectivity index (χ0) is 83.3. The number of sulfone groups is 2. The maximum atomic E-state index is 14.4. The Bertz CT molecular complexity index is 5540. The Morgan fingerprint density at radius 3 is 1.36 bits per heavy atom. The summed E-state index contributed by atoms with van der Waals surface area (Å²) in [5.41, 5.74) is 17.3. The molecule has 16 rings (SSSR count). The fraction of sp³-hybridized carbons (Fsp3) is 0.352. The van der Waals surface area contributed by atoms with Gasteiger partial charge in [-0.1, -0.05) is 136 Å². The summed E-state index contributed by atoms with van der Waals surface area (Å²) in [5.74, 6) is -1.39. The van der Waals surface area contributed by atoms with Crippen molar-refractivity contribution in [3.8, 4) is 0 Å². The van der Waals surface area contributed by atoms with Crippen LogP contribution in [-0.2, 0) is 48.7 Å². The summed E-state index contributed by atoms with van der Waals surface area (Å²) in [6.07, 6.45) is 12.3. The summed E-state index contributed by atoms with van der Waals surface area (Å²) in [7, 11) is -7.12. The molecule has 116 heavy (non-hydrogen) atoms. The molecule has 1 unspecified atom stereocenters. The number of fused-ring (bicyclic) bond motifs is 11. The maximum absolute atomic E-state index is 14.4. The molecule has 11 nitrogen and oxygen atoms in total. The van der Waals surface area contributed by atoms with E-state index in [0.717, 1.165) is 156 Å². The monoisotopic (exact) mass is 2320 g/mol. The van der Waals surface area contributed by atoms with E-state index in [9.17, 15) is 44.3 Å². The van der Waals surface area contributed by atoms with E-state index in [1.807, 2.05) is 55.5 Å². The number of aryl methyl sites for hydroxylation is 3. The molecular formula is C88H94Br2Cl4F4I4N3O8S2V. The van der Waals surface area contributed by atoms with Gasteiger partial charge in [0.25, 0.3) is 0 Å². The Hall–Kier alpha value is -3.25. The van der Waals surface area contributed by atoms with Crippen molar-refractivity contribution in [2.24, 2.45) is 5.92 Å². The van der Waals surface area contributed by atoms with E-state index in [2.05, 4.69) is 146 Å². The Balaban J connectivity index is 0.000000178. The molecule has 0 bridgehead atoms. The van der Waals surface area contributed by atoms with Crippen LogP contribution in [0.1, 0.15) is 229 Å². The van der Waals surface area contributed by atoms with Crippen LogP contribution in [0, 0.1) is 29.2 Å². The molecule has 5 aliphatic carbocycles. The third-order valence-electron chi connectivity index (χ3n) is 22.2. The number of carboxylic acid groups (broad SMARTS) is 1. The molecule has 0 radical (unpaired) electrons. The number of carbonyl (C=O) groups is 1. The molecule has 11 aromatic rings. The number of carboxylic acids is 1. The number of H-pyrrole nitrogens is 2. The fourth-order valence-electron chi connectivity index (χ4n) is 16.8. The van der Waals surface area contributed by atoms with Gasteiger partial charge < -0.3 is 29.9 Å². The molecule has 3 aromatic heterocycles. The number of benzene rings is 8. The zero-order valence-corrected chi connectivity index (χ0v) is 82.5. The number of aromatic nitrogens is 3. The number of hydrogen-bond acceptors (Lipinski definition) is 7. The van der Waals surface area contributed by atoms with E-state index < -0.39 is 49.5 Å². The second-order valence-corrected chi connectivity index (χ2v) is 72.3. The summed E-state index contributed by atoms with van der Waals surface area (Å²) in [5, 5.41) is 33.1. The number of aliphatic carboxylic acids is 1. The minimum atomic E-state index is -3.68. The van der Waals surface area contributed by atoms with Crippen LogP contribution in [0.25, 0.3) is 38.3 Å². The van der Waals surface area contributed by atoms with Crippen LogP contribution in [0.5, 0.6) is 0 Å². The first-order chi connectivity index (χ1) is 53.8. The Labute approximate surface area is 770 Å². The minimum absolute atomic E-state index is 0. The van der Waals surface area contributed by atoms with Gasteiger partial charge in [0.15, 0.2) is 19.7 Å². The quantitative estimate of drug-likeness (QED) is 0.0558. The van der Waals surface area contributed by atoms with E-state index in [1.54, 1.807) is 68.4 Å². The summed E-state index contributed by atoms with van der Waals surface area (Å²) >= 11 is 37.8. The summed E-state index contributed by atoms with van der Waals surface area (Å²) < 4.78 is 108. The normalized spacial score (nSPS) is 17.8. The van der Waals surface area contributed by atoms with Crippen LogP contribution in [0.3, 0.4) is 0 Å². The number of rotatable bonds is 13. The zero-order valence-electron chi connectivity index (χ0n) is 64.5. The van der Waals surface area contributed by atoms with Gasteiger partial charge in [0.2, 0.25) is 0 Å². The molecule has 28 heteroatoms. The number of nitrogens with one attached hydrogen (secondary N) is 2. The molecule has 0 saturated carbocycles. The van der Waals surface area contributed by atoms with Gasteiger partial charge in [-0.3, -0.25) is 4.79 Å². The summed E-state index contributed by atoms with van der Waals surface area (Å²) in [6.45, 7) is 14.2. The van der Waals surface area contributed by atoms with E-state index in [1.165, 1.54) is 52.7 Å². The van der Waals surface area contributed by atoms with Gasteiger partial charge in [-0.25, -0.2) is 34.4 Å². The number of nitrogens with zero attached hydrogens (tertiary/aromatic N) is 1. The van der Waals surface area contributed by atoms with Crippen LogP contribution in [-0.4, -0.2) is 65.2 Å². The first-order valence-electron chi connectivity index (χ1n) is 37.5. The van der Waals surface area contributed by atoms with Crippen molar-refractivity contribution in [2.75, 3.05) is 12.5 Å². The molecule has 0 spiro atoms. The number of allylic oxidation sites excluding steroid dienone is 2. The van der Waals surface area contributed by atoms with Gasteiger partial charge in [-0.05, 0) is 306 Å². The predicted octanol–water partition coefficient (Wildman–Crippen LogP) is 29.0. The molecule has 0 saturated heterocycles. The van der Waals surface area contributed by atoms with E-state index in [4.69, 9.17) is 56.6 Å². The van der Waals surface area contributed by atoms with Crippen LogP contribution in [0.2, 0.25) is 20.1 Å². The van der Waals surface area contributed by atoms with Crippen LogP contribution in [0.15, 0.2) is 170 Å². The van der Waals surface area contributed by atoms with Crippen molar-refractivity contribution in [3.63, 3.8) is 0 Å². The van der Waals surface area contributed by atoms with Gasteiger partial charge in [0.1, 0.15) is 23.3 Å². The molecule has 5 aliphatic rings. The van der Waals surface area contributed by atoms with Crippen molar-refractivity contribution < 1.29 is 59.4 Å². The molecule has 0 fully saturated rings. The Kier molecular flexibility index (Phi) is 36.3. The molecule has 5 N–H and O–H groups in total. The molecule has 9 atom stereocenters. The molecule has 0 aliphatic heterocycles. The second-order valence-electron chi connectivity index (χ2n) is 29.5. The molecule has 8 aromatic carbocycles. The standard InChI is InChI=1S/C23H22ClFO4S.C21H20BrClFN.C14H16FNO2S.C13H13BrFN.2C8H9ClO.CH4.4HI.V/c1-12(13-3-6-15(24)7-4-13)21-22-14(9-20(26)27)5-8-17(22)18-10-16(25)11-19(23(18)21)30(2,28)29;1-3-13-6-9-17-18-10-16(24)11-19(22)21(18)25(20(13)17)12(2)14-4-7-15(23)8-5-14;1-3-8-4-5-10-11-6-9(15)7-12(19(2,17)18)14(11)16-13(8)10;1-2-7-3-4-9-10-5-8(15)6-11(14)13(10)16-12(7)9;2*1-6(10)7-2-4-8(9)5-3-7;;;;;;/h3-4,6-7,10-12,14,21H,5,8-9H2,1-2H3,(H,26,27);4-5,7-8,10-13H,3,6,9H2,1-2H3;6-8,16H,3-5H2,1-2H3;5-7,16H,2-4H2,1H3;2*2-6,10H,1H3;1H4;4*1H;/q;;;;;;;;;;;+3/p-3/t12-,14+,21?;12-,13-;8-;7-;2*6-;;;;;;/m000011....../s1. The number of hydrogen-bond donors (Lipinski definition) is 5. The van der Waals surface area contributed by atoms with Crippen LogP contribution >= 0.6 is 162 Å². The van der Waals surface area contributed by atoms with E-state index in [0.29, 0.717) is 62.3 Å². The Morgan fingerprint density at radius 1 is 0.534 bits per heavy atom. The van der Waals surface area contributed by atoms with Crippen LogP contribution in [0.4, 0.5) is 17.6 Å². The van der Waals surface area contributed by atoms with E-state index in [-0.39, 0.29) is 88.0 Å². The number of aliphatic hydroxyl groups excluding tert-OH is 2. The third kappa shape index (κ3) is 23.4. The van der Waals surface area contributed by atoms with Gasteiger partial charge in [0, 0.05) is 80.7 Å². The van der Waals surface area contributed by atoms with Crippen molar-refractivity contribution >= 4 is 226 Å². The first-order valence-corrected chi connectivity index (χ1v) is 57.9. The second kappa shape index (κ2) is 42.9. The average Bonchev–Trinajstić information content (AvgIpc) is 1.56. The predicted molar refractivity (Wildman–Crippen MR) is 509 cm³/mol. The number of halogens is 14. The van der Waals surface area contributed by atoms with Crippen molar-refractivity contribution in [2.45, 2.75) is 191 Å². The Morgan fingerprint density at radius 2 is 0.914 bits per heavy atom. The SMILES string of the molecule is C.CC[C@H]1CCc2c1[nH]c1c(Br)cc(F)cc21.CC[C@H]1CCc2c1[nH]c1c(S(C)(=O)=O)cc(F)cc21.CC[C@H]1CCc2c1n([C@@H](C)c1ccc(Cl)cc1)c1c(Br)cc(F)cc21.C[C@@H](O)c1ccc(Cl)cc1.C[C@@H](O)c1ccc(Cl)cc1.C[C@@H](c1ccc(Cl)cc1)C1C2=C(CC[C@@H]2CC(=O)O)c2cc(F)cc(S(C)(=O)=O)c21.I.[I][V]([I])[I]. The third-order valence-corrected chi connectivity index (χ3v) is 26.7. The van der Waals surface area contributed by atoms with Gasteiger partial charge in [-0.2, -0.15) is 0 Å². The number of aliphatic hydroxyl groups is 2. The molecule has 624 valence electrons. The first kappa shape index (κ1) is 98.2. The van der Waals surface area contributed by atoms with Crippen molar-refractivity contribution in [1.82, 2.24) is 14.5 Å². The average molecular weight is 2320 g/mol. The molecular weight excluding hydrogens is 2230 g/mol. The van der Waals surface area contributed by atoms with Gasteiger partial charge in [0.05, 0.1) is 51.0 Å². The summed E-state index contributed by atoms with van der Waals surface area (Å²) in [4.78, 5) is 18.0. The van der Waals surface area contributed by atoms with E-state index >= 15 is 0 Å². The van der Waals surface area contributed by atoms with Crippen molar-refractivity contribution in [3.05, 3.63) is 271 Å². The summed E-state index contributed by atoms with van der Waals surface area (Å²) in [6, 6.07) is 41.4. The van der Waals surface area contributed by atoms with Crippen molar-refractivity contribution in [1.29, 1.82) is 0 Å².